The minimum atomic E-state index is -0.00590. The van der Waals surface area contributed by atoms with Gasteiger partial charge >= 0.3 is 0 Å². The average Bonchev–Trinajstić information content (AvgIpc) is 2.92. The number of fused-ring (bicyclic) bond motifs is 1. The Balaban J connectivity index is 1.76. The molecule has 0 aliphatic carbocycles. The molecule has 0 radical (unpaired) electrons. The van der Waals surface area contributed by atoms with Gasteiger partial charge in [0.05, 0.1) is 13.7 Å². The van der Waals surface area contributed by atoms with Crippen molar-refractivity contribution in [3.05, 3.63) is 59.1 Å². The van der Waals surface area contributed by atoms with E-state index in [2.05, 4.69) is 0 Å². The summed E-state index contributed by atoms with van der Waals surface area (Å²) >= 11 is 0. The number of pyridine rings is 1. The SMILES string of the molecule is COc1ccccc1OCCn1ccc2ccn(C)c2c1=O. The van der Waals surface area contributed by atoms with E-state index in [4.69, 9.17) is 9.47 Å². The molecule has 0 saturated heterocycles. The van der Waals surface area contributed by atoms with Crippen LogP contribution in [0.15, 0.2) is 53.6 Å². The molecule has 5 heteroatoms. The third kappa shape index (κ3) is 2.57. The van der Waals surface area contributed by atoms with Crippen molar-refractivity contribution in [1.82, 2.24) is 9.13 Å². The Kier molecular flexibility index (Phi) is 3.87. The van der Waals surface area contributed by atoms with E-state index in [1.54, 1.807) is 17.9 Å². The summed E-state index contributed by atoms with van der Waals surface area (Å²) in [6, 6.07) is 11.4. The molecule has 0 bridgehead atoms. The maximum absolute atomic E-state index is 12.4. The van der Waals surface area contributed by atoms with Gasteiger partial charge in [0, 0.05) is 24.8 Å². The zero-order valence-electron chi connectivity index (χ0n) is 12.7. The lowest BCUT2D eigenvalue weighted by molar-refractivity contribution is 0.278. The molecule has 0 amide bonds. The molecule has 0 saturated carbocycles. The third-order valence-electron chi connectivity index (χ3n) is 3.66. The number of benzene rings is 1. The normalized spacial score (nSPS) is 10.8. The van der Waals surface area contributed by atoms with Gasteiger partial charge in [-0.15, -0.1) is 0 Å². The smallest absolute Gasteiger partial charge is 0.275 e. The Morgan fingerprint density at radius 3 is 2.55 bits per heavy atom. The highest BCUT2D eigenvalue weighted by Gasteiger charge is 2.07. The van der Waals surface area contributed by atoms with Gasteiger partial charge in [0.25, 0.3) is 5.56 Å². The van der Waals surface area contributed by atoms with E-state index in [1.165, 1.54) is 0 Å². The first-order chi connectivity index (χ1) is 10.7. The van der Waals surface area contributed by atoms with Crippen molar-refractivity contribution in [1.29, 1.82) is 0 Å². The Bertz CT molecular complexity index is 848. The summed E-state index contributed by atoms with van der Waals surface area (Å²) in [5.74, 6) is 1.37. The minimum absolute atomic E-state index is 0.00590. The van der Waals surface area contributed by atoms with E-state index < -0.39 is 0 Å². The first-order valence-corrected chi connectivity index (χ1v) is 7.11. The van der Waals surface area contributed by atoms with Crippen LogP contribution in [0.5, 0.6) is 11.5 Å². The Morgan fingerprint density at radius 1 is 1.05 bits per heavy atom. The quantitative estimate of drug-likeness (QED) is 0.727. The van der Waals surface area contributed by atoms with Gasteiger partial charge in [-0.25, -0.2) is 0 Å². The number of para-hydroxylation sites is 2. The van der Waals surface area contributed by atoms with Crippen LogP contribution in [-0.4, -0.2) is 22.9 Å². The lowest BCUT2D eigenvalue weighted by Crippen LogP contribution is -2.23. The van der Waals surface area contributed by atoms with Crippen molar-refractivity contribution in [2.75, 3.05) is 13.7 Å². The molecule has 114 valence electrons. The zero-order chi connectivity index (χ0) is 15.5. The van der Waals surface area contributed by atoms with Crippen LogP contribution in [0.2, 0.25) is 0 Å². The molecule has 0 aliphatic heterocycles. The fraction of sp³-hybridized carbons (Fsp3) is 0.235. The molecule has 1 aromatic carbocycles. The number of aryl methyl sites for hydroxylation is 1. The van der Waals surface area contributed by atoms with Crippen molar-refractivity contribution in [2.24, 2.45) is 7.05 Å². The summed E-state index contributed by atoms with van der Waals surface area (Å²) in [6.45, 7) is 0.883. The summed E-state index contributed by atoms with van der Waals surface area (Å²) < 4.78 is 14.5. The molecule has 2 heterocycles. The standard InChI is InChI=1S/C17H18N2O3/c1-18-9-7-13-8-10-19(17(20)16(13)18)11-12-22-15-6-4-3-5-14(15)21-2/h3-10H,11-12H2,1-2H3. The lowest BCUT2D eigenvalue weighted by Gasteiger charge is -2.11. The fourth-order valence-electron chi connectivity index (χ4n) is 2.50. The molecule has 0 atom stereocenters. The van der Waals surface area contributed by atoms with Crippen molar-refractivity contribution >= 4 is 10.9 Å². The first-order valence-electron chi connectivity index (χ1n) is 7.11. The molecule has 22 heavy (non-hydrogen) atoms. The highest BCUT2D eigenvalue weighted by Crippen LogP contribution is 2.25. The topological polar surface area (TPSA) is 45.4 Å². The molecule has 5 nitrogen and oxygen atoms in total. The second kappa shape index (κ2) is 5.97. The van der Waals surface area contributed by atoms with Gasteiger partial charge in [-0.05, 0) is 24.3 Å². The number of nitrogens with zero attached hydrogens (tertiary/aromatic N) is 2. The highest BCUT2D eigenvalue weighted by atomic mass is 16.5. The van der Waals surface area contributed by atoms with Crippen LogP contribution in [0.3, 0.4) is 0 Å². The van der Waals surface area contributed by atoms with Gasteiger partial charge in [0.15, 0.2) is 11.5 Å². The fourth-order valence-corrected chi connectivity index (χ4v) is 2.50. The molecule has 3 aromatic rings. The van der Waals surface area contributed by atoms with Crippen LogP contribution in [0.1, 0.15) is 0 Å². The molecule has 0 fully saturated rings. The second-order valence-electron chi connectivity index (χ2n) is 5.04. The van der Waals surface area contributed by atoms with Gasteiger partial charge in [-0.1, -0.05) is 12.1 Å². The third-order valence-corrected chi connectivity index (χ3v) is 3.66. The van der Waals surface area contributed by atoms with E-state index in [0.717, 1.165) is 5.39 Å². The highest BCUT2D eigenvalue weighted by molar-refractivity contribution is 5.78. The number of hydrogen-bond donors (Lipinski definition) is 0. The van der Waals surface area contributed by atoms with Crippen molar-refractivity contribution in [2.45, 2.75) is 6.54 Å². The van der Waals surface area contributed by atoms with Crippen LogP contribution in [0, 0.1) is 0 Å². The predicted molar refractivity (Wildman–Crippen MR) is 85.7 cm³/mol. The molecular formula is C17H18N2O3. The number of methoxy groups -OCH3 is 1. The zero-order valence-corrected chi connectivity index (χ0v) is 12.7. The predicted octanol–water partition coefficient (Wildman–Crippen LogP) is 2.43. The van der Waals surface area contributed by atoms with E-state index in [0.29, 0.717) is 30.2 Å². The summed E-state index contributed by atoms with van der Waals surface area (Å²) in [5, 5.41) is 0.953. The Morgan fingerprint density at radius 2 is 1.77 bits per heavy atom. The summed E-state index contributed by atoms with van der Waals surface area (Å²) in [7, 11) is 3.48. The van der Waals surface area contributed by atoms with E-state index in [-0.39, 0.29) is 5.56 Å². The van der Waals surface area contributed by atoms with Crippen LogP contribution < -0.4 is 15.0 Å². The van der Waals surface area contributed by atoms with Crippen molar-refractivity contribution < 1.29 is 9.47 Å². The second-order valence-corrected chi connectivity index (χ2v) is 5.04. The number of ether oxygens (including phenoxy) is 2. The Hall–Kier alpha value is -2.69. The van der Waals surface area contributed by atoms with Gasteiger partial charge in [0.1, 0.15) is 12.1 Å². The average molecular weight is 298 g/mol. The summed E-state index contributed by atoms with van der Waals surface area (Å²) in [6.07, 6.45) is 3.69. The molecular weight excluding hydrogens is 280 g/mol. The summed E-state index contributed by atoms with van der Waals surface area (Å²) in [5.41, 5.74) is 0.702. The van der Waals surface area contributed by atoms with Gasteiger partial charge in [0.2, 0.25) is 0 Å². The van der Waals surface area contributed by atoms with Crippen LogP contribution in [0.25, 0.3) is 10.9 Å². The van der Waals surface area contributed by atoms with Crippen LogP contribution in [0.4, 0.5) is 0 Å². The number of rotatable bonds is 5. The van der Waals surface area contributed by atoms with Gasteiger partial charge < -0.3 is 18.6 Å². The van der Waals surface area contributed by atoms with E-state index in [9.17, 15) is 4.79 Å². The van der Waals surface area contributed by atoms with Crippen LogP contribution >= 0.6 is 0 Å². The van der Waals surface area contributed by atoms with E-state index >= 15 is 0 Å². The molecule has 3 rings (SSSR count). The number of aromatic nitrogens is 2. The molecule has 0 N–H and O–H groups in total. The van der Waals surface area contributed by atoms with Gasteiger partial charge in [-0.3, -0.25) is 4.79 Å². The largest absolute Gasteiger partial charge is 0.493 e. The van der Waals surface area contributed by atoms with Gasteiger partial charge in [-0.2, -0.15) is 0 Å². The summed E-state index contributed by atoms with van der Waals surface area (Å²) in [4.78, 5) is 12.4. The monoisotopic (exact) mass is 298 g/mol. The number of hydrogen-bond acceptors (Lipinski definition) is 3. The maximum Gasteiger partial charge on any atom is 0.275 e. The molecule has 2 aromatic heterocycles. The first kappa shape index (κ1) is 14.3. The molecule has 0 unspecified atom stereocenters. The molecule has 0 aliphatic rings. The lowest BCUT2D eigenvalue weighted by atomic mass is 10.3. The maximum atomic E-state index is 12.4. The Labute approximate surface area is 128 Å². The van der Waals surface area contributed by atoms with E-state index in [1.807, 2.05) is 54.2 Å². The van der Waals surface area contributed by atoms with Crippen LogP contribution in [-0.2, 0) is 13.6 Å². The van der Waals surface area contributed by atoms with Crippen molar-refractivity contribution in [3.63, 3.8) is 0 Å². The minimum Gasteiger partial charge on any atom is -0.493 e. The van der Waals surface area contributed by atoms with Crippen molar-refractivity contribution in [3.8, 4) is 11.5 Å². The molecule has 0 spiro atoms.